The molecule has 0 atom stereocenters. The van der Waals surface area contributed by atoms with Gasteiger partial charge in [0.25, 0.3) is 0 Å². The third-order valence-corrected chi connectivity index (χ3v) is 4.64. The van der Waals surface area contributed by atoms with E-state index in [4.69, 9.17) is 4.74 Å². The van der Waals surface area contributed by atoms with Gasteiger partial charge in [-0.2, -0.15) is 0 Å². The van der Waals surface area contributed by atoms with Crippen molar-refractivity contribution in [2.75, 3.05) is 22.9 Å². The van der Waals surface area contributed by atoms with Crippen molar-refractivity contribution >= 4 is 23.2 Å². The molecule has 0 saturated heterocycles. The monoisotopic (exact) mass is 366 g/mol. The summed E-state index contributed by atoms with van der Waals surface area (Å²) >= 11 is 0. The van der Waals surface area contributed by atoms with E-state index in [-0.39, 0.29) is 24.3 Å². The third kappa shape index (κ3) is 4.30. The van der Waals surface area contributed by atoms with Gasteiger partial charge in [0, 0.05) is 32.1 Å². The molecule has 2 aromatic carbocycles. The Kier molecular flexibility index (Phi) is 5.79. The summed E-state index contributed by atoms with van der Waals surface area (Å²) in [5.74, 6) is 0.583. The summed E-state index contributed by atoms with van der Waals surface area (Å²) in [5, 5.41) is 0. The lowest BCUT2D eigenvalue weighted by atomic mass is 10.2. The fourth-order valence-electron chi connectivity index (χ4n) is 3.42. The Bertz CT molecular complexity index is 832. The molecule has 2 amide bonds. The molecular weight excluding hydrogens is 340 g/mol. The Morgan fingerprint density at radius 1 is 1.11 bits per heavy atom. The van der Waals surface area contributed by atoms with Crippen LogP contribution in [0.4, 0.5) is 11.4 Å². The lowest BCUT2D eigenvalue weighted by Gasteiger charge is -2.25. The lowest BCUT2D eigenvalue weighted by molar-refractivity contribution is -0.118. The highest BCUT2D eigenvalue weighted by Gasteiger charge is 2.25. The maximum Gasteiger partial charge on any atom is 0.228 e. The van der Waals surface area contributed by atoms with Crippen LogP contribution in [0.5, 0.6) is 5.75 Å². The fraction of sp³-hybridized carbons (Fsp3) is 0.364. The summed E-state index contributed by atoms with van der Waals surface area (Å²) < 4.78 is 5.84. The summed E-state index contributed by atoms with van der Waals surface area (Å²) in [5.41, 5.74) is 2.89. The van der Waals surface area contributed by atoms with E-state index in [1.165, 1.54) is 12.5 Å². The molecule has 0 saturated carbocycles. The number of nitrogens with zero attached hydrogens (tertiary/aromatic N) is 2. The molecule has 0 radical (unpaired) electrons. The number of ether oxygens (including phenoxy) is 1. The SMILES string of the molecule is CC(=O)N(CCC(=O)N1CCc2ccccc21)c1ccccc1OC(C)C. The van der Waals surface area contributed by atoms with Crippen LogP contribution in [0.3, 0.4) is 0 Å². The summed E-state index contributed by atoms with van der Waals surface area (Å²) in [6.07, 6.45) is 1.15. The second-order valence-electron chi connectivity index (χ2n) is 6.98. The first kappa shape index (κ1) is 19.0. The minimum absolute atomic E-state index is 0.00249. The van der Waals surface area contributed by atoms with E-state index in [1.54, 1.807) is 4.90 Å². The molecule has 0 fully saturated rings. The first-order chi connectivity index (χ1) is 13.0. The number of carbonyl (C=O) groups excluding carboxylic acids is 2. The van der Waals surface area contributed by atoms with Crippen molar-refractivity contribution in [2.24, 2.45) is 0 Å². The zero-order valence-electron chi connectivity index (χ0n) is 16.1. The van der Waals surface area contributed by atoms with Crippen LogP contribution < -0.4 is 14.5 Å². The first-order valence-electron chi connectivity index (χ1n) is 9.39. The smallest absolute Gasteiger partial charge is 0.228 e. The molecule has 0 N–H and O–H groups in total. The number of rotatable bonds is 6. The molecule has 5 heteroatoms. The predicted molar refractivity (Wildman–Crippen MR) is 107 cm³/mol. The summed E-state index contributed by atoms with van der Waals surface area (Å²) in [6.45, 7) is 6.44. The molecule has 0 spiro atoms. The molecule has 0 aromatic heterocycles. The Labute approximate surface area is 160 Å². The maximum atomic E-state index is 12.8. The topological polar surface area (TPSA) is 49.9 Å². The number of fused-ring (bicyclic) bond motifs is 1. The van der Waals surface area contributed by atoms with E-state index in [2.05, 4.69) is 6.07 Å². The molecule has 2 aromatic rings. The van der Waals surface area contributed by atoms with Gasteiger partial charge in [-0.25, -0.2) is 0 Å². The molecule has 5 nitrogen and oxygen atoms in total. The van der Waals surface area contributed by atoms with E-state index < -0.39 is 0 Å². The molecule has 27 heavy (non-hydrogen) atoms. The summed E-state index contributed by atoms with van der Waals surface area (Å²) in [4.78, 5) is 28.5. The van der Waals surface area contributed by atoms with E-state index in [9.17, 15) is 9.59 Å². The molecular formula is C22H26N2O3. The van der Waals surface area contributed by atoms with Crippen molar-refractivity contribution in [1.29, 1.82) is 0 Å². The van der Waals surface area contributed by atoms with Gasteiger partial charge in [0.1, 0.15) is 5.75 Å². The van der Waals surface area contributed by atoms with E-state index in [0.29, 0.717) is 24.5 Å². The zero-order valence-corrected chi connectivity index (χ0v) is 16.1. The number of anilines is 2. The Balaban J connectivity index is 1.73. The number of carbonyl (C=O) groups is 2. The standard InChI is InChI=1S/C22H26N2O3/c1-16(2)27-21-11-7-6-10-20(21)23(17(3)25)15-13-22(26)24-14-12-18-8-4-5-9-19(18)24/h4-11,16H,12-15H2,1-3H3. The largest absolute Gasteiger partial charge is 0.489 e. The van der Waals surface area contributed by atoms with Gasteiger partial charge in [-0.3, -0.25) is 9.59 Å². The molecule has 0 unspecified atom stereocenters. The van der Waals surface area contributed by atoms with Crippen molar-refractivity contribution in [1.82, 2.24) is 0 Å². The lowest BCUT2D eigenvalue weighted by Crippen LogP contribution is -2.36. The van der Waals surface area contributed by atoms with E-state index >= 15 is 0 Å². The number of benzene rings is 2. The summed E-state index contributed by atoms with van der Waals surface area (Å²) in [7, 11) is 0. The van der Waals surface area contributed by atoms with E-state index in [0.717, 1.165) is 12.1 Å². The summed E-state index contributed by atoms with van der Waals surface area (Å²) in [6, 6.07) is 15.4. The molecule has 0 aliphatic carbocycles. The Morgan fingerprint density at radius 3 is 2.56 bits per heavy atom. The van der Waals surface area contributed by atoms with Gasteiger partial charge in [-0.1, -0.05) is 30.3 Å². The highest BCUT2D eigenvalue weighted by Crippen LogP contribution is 2.31. The van der Waals surface area contributed by atoms with Crippen LogP contribution in [0.25, 0.3) is 0 Å². The quantitative estimate of drug-likeness (QED) is 0.781. The van der Waals surface area contributed by atoms with Crippen LogP contribution in [-0.2, 0) is 16.0 Å². The minimum Gasteiger partial charge on any atom is -0.489 e. The highest BCUT2D eigenvalue weighted by molar-refractivity contribution is 5.98. The van der Waals surface area contributed by atoms with Crippen LogP contribution in [0.15, 0.2) is 48.5 Å². The van der Waals surface area contributed by atoms with Crippen molar-refractivity contribution < 1.29 is 14.3 Å². The van der Waals surface area contributed by atoms with Crippen LogP contribution in [-0.4, -0.2) is 31.0 Å². The van der Waals surface area contributed by atoms with Gasteiger partial charge >= 0.3 is 0 Å². The van der Waals surface area contributed by atoms with Crippen LogP contribution in [0, 0.1) is 0 Å². The first-order valence-corrected chi connectivity index (χ1v) is 9.39. The van der Waals surface area contributed by atoms with Crippen molar-refractivity contribution in [3.8, 4) is 5.75 Å². The second kappa shape index (κ2) is 8.25. The van der Waals surface area contributed by atoms with Gasteiger partial charge in [-0.15, -0.1) is 0 Å². The van der Waals surface area contributed by atoms with Gasteiger partial charge in [0.2, 0.25) is 11.8 Å². The van der Waals surface area contributed by atoms with Gasteiger partial charge in [-0.05, 0) is 44.0 Å². The van der Waals surface area contributed by atoms with Crippen LogP contribution in [0.1, 0.15) is 32.8 Å². The molecule has 0 bridgehead atoms. The van der Waals surface area contributed by atoms with Crippen molar-refractivity contribution in [3.63, 3.8) is 0 Å². The zero-order chi connectivity index (χ0) is 19.4. The van der Waals surface area contributed by atoms with Crippen molar-refractivity contribution in [3.05, 3.63) is 54.1 Å². The van der Waals surface area contributed by atoms with E-state index in [1.807, 2.05) is 61.2 Å². The van der Waals surface area contributed by atoms with Gasteiger partial charge in [0.15, 0.2) is 0 Å². The van der Waals surface area contributed by atoms with Crippen molar-refractivity contribution in [2.45, 2.75) is 39.7 Å². The number of hydrogen-bond donors (Lipinski definition) is 0. The molecule has 1 aliphatic rings. The molecule has 142 valence electrons. The third-order valence-electron chi connectivity index (χ3n) is 4.64. The normalized spacial score (nSPS) is 12.8. The average Bonchev–Trinajstić information content (AvgIpc) is 3.06. The van der Waals surface area contributed by atoms with Crippen LogP contribution in [0.2, 0.25) is 0 Å². The number of hydrogen-bond acceptors (Lipinski definition) is 3. The minimum atomic E-state index is -0.107. The van der Waals surface area contributed by atoms with Gasteiger partial charge in [0.05, 0.1) is 11.8 Å². The maximum absolute atomic E-state index is 12.8. The molecule has 1 aliphatic heterocycles. The Morgan fingerprint density at radius 2 is 1.81 bits per heavy atom. The van der Waals surface area contributed by atoms with Gasteiger partial charge < -0.3 is 14.5 Å². The molecule has 3 rings (SSSR count). The fourth-order valence-corrected chi connectivity index (χ4v) is 3.42. The number of para-hydroxylation sites is 3. The van der Waals surface area contributed by atoms with Crippen LogP contribution >= 0.6 is 0 Å². The average molecular weight is 366 g/mol. The Hall–Kier alpha value is -2.82. The highest BCUT2D eigenvalue weighted by atomic mass is 16.5. The number of amides is 2. The predicted octanol–water partition coefficient (Wildman–Crippen LogP) is 3.81. The second-order valence-corrected chi connectivity index (χ2v) is 6.98. The molecule has 1 heterocycles.